The summed E-state index contributed by atoms with van der Waals surface area (Å²) in [5, 5.41) is 10.5. The number of nitrogens with one attached hydrogen (secondary N) is 1. The maximum Gasteiger partial charge on any atom is 0.0671 e. The number of rotatable bonds is 6. The summed E-state index contributed by atoms with van der Waals surface area (Å²) < 4.78 is 0. The molecule has 0 saturated carbocycles. The van der Waals surface area contributed by atoms with Gasteiger partial charge >= 0.3 is 0 Å². The van der Waals surface area contributed by atoms with Gasteiger partial charge in [0.25, 0.3) is 0 Å². The molecule has 1 atom stereocenters. The lowest BCUT2D eigenvalue weighted by atomic mass is 9.97. The molecule has 0 radical (unpaired) electrons. The third-order valence-electron chi connectivity index (χ3n) is 3.92. The Labute approximate surface area is 121 Å². The van der Waals surface area contributed by atoms with E-state index in [0.29, 0.717) is 5.92 Å². The summed E-state index contributed by atoms with van der Waals surface area (Å²) in [6.45, 7) is 6.05. The van der Waals surface area contributed by atoms with Gasteiger partial charge in [-0.25, -0.2) is 0 Å². The van der Waals surface area contributed by atoms with Crippen molar-refractivity contribution in [3.05, 3.63) is 36.0 Å². The van der Waals surface area contributed by atoms with Crippen molar-refractivity contribution >= 4 is 10.9 Å². The summed E-state index contributed by atoms with van der Waals surface area (Å²) >= 11 is 0. The highest BCUT2D eigenvalue weighted by Gasteiger charge is 2.15. The Morgan fingerprint density at radius 2 is 2.05 bits per heavy atom. The number of hydrogen-bond donors (Lipinski definition) is 1. The molecule has 0 bridgehead atoms. The highest BCUT2D eigenvalue weighted by atomic mass is 15.1. The Morgan fingerprint density at radius 3 is 2.75 bits per heavy atom. The van der Waals surface area contributed by atoms with E-state index in [4.69, 9.17) is 5.26 Å². The molecule has 20 heavy (non-hydrogen) atoms. The molecule has 0 aliphatic carbocycles. The van der Waals surface area contributed by atoms with Crippen LogP contribution in [0.5, 0.6) is 0 Å². The number of aromatic amines is 1. The minimum absolute atomic E-state index is 0.114. The molecule has 0 aliphatic rings. The number of H-pyrrole nitrogens is 1. The average Bonchev–Trinajstić information content (AvgIpc) is 2.85. The van der Waals surface area contributed by atoms with Crippen LogP contribution in [0.4, 0.5) is 0 Å². The Hall–Kier alpha value is -1.79. The zero-order chi connectivity index (χ0) is 14.5. The number of benzene rings is 1. The maximum atomic E-state index is 9.16. The minimum Gasteiger partial charge on any atom is -0.361 e. The van der Waals surface area contributed by atoms with Crippen molar-refractivity contribution in [2.45, 2.75) is 20.3 Å². The second-order valence-corrected chi connectivity index (χ2v) is 5.85. The Balaban J connectivity index is 1.93. The zero-order valence-electron chi connectivity index (χ0n) is 12.6. The number of aromatic nitrogens is 1. The molecule has 1 aromatic carbocycles. The van der Waals surface area contributed by atoms with Crippen molar-refractivity contribution in [2.24, 2.45) is 11.8 Å². The molecule has 2 rings (SSSR count). The van der Waals surface area contributed by atoms with E-state index in [1.807, 2.05) is 0 Å². The third-order valence-corrected chi connectivity index (χ3v) is 3.92. The molecule has 3 nitrogen and oxygen atoms in total. The van der Waals surface area contributed by atoms with E-state index in [0.717, 1.165) is 19.5 Å². The predicted octanol–water partition coefficient (Wildman–Crippen LogP) is 3.44. The zero-order valence-corrected chi connectivity index (χ0v) is 12.6. The molecule has 1 aromatic heterocycles. The number of para-hydroxylation sites is 1. The van der Waals surface area contributed by atoms with Crippen molar-refractivity contribution in [3.8, 4) is 6.07 Å². The van der Waals surface area contributed by atoms with Gasteiger partial charge in [-0.05, 0) is 31.0 Å². The molecule has 0 amide bonds. The molecule has 106 valence electrons. The molecule has 1 unspecified atom stereocenters. The maximum absolute atomic E-state index is 9.16. The van der Waals surface area contributed by atoms with E-state index >= 15 is 0 Å². The van der Waals surface area contributed by atoms with Crippen molar-refractivity contribution in [1.82, 2.24) is 9.88 Å². The van der Waals surface area contributed by atoms with E-state index in [1.54, 1.807) is 0 Å². The van der Waals surface area contributed by atoms with Gasteiger partial charge in [-0.1, -0.05) is 32.0 Å². The second-order valence-electron chi connectivity index (χ2n) is 5.85. The summed E-state index contributed by atoms with van der Waals surface area (Å²) in [5.74, 6) is 0.526. The van der Waals surface area contributed by atoms with Gasteiger partial charge in [0.15, 0.2) is 0 Å². The van der Waals surface area contributed by atoms with Gasteiger partial charge in [0.1, 0.15) is 0 Å². The van der Waals surface area contributed by atoms with Crippen molar-refractivity contribution in [3.63, 3.8) is 0 Å². The molecule has 0 aliphatic heterocycles. The van der Waals surface area contributed by atoms with Crippen LogP contribution in [0.15, 0.2) is 30.5 Å². The van der Waals surface area contributed by atoms with Crippen molar-refractivity contribution < 1.29 is 0 Å². The normalized spacial score (nSPS) is 13.0. The first-order valence-corrected chi connectivity index (χ1v) is 7.25. The van der Waals surface area contributed by atoms with Crippen LogP contribution in [0.3, 0.4) is 0 Å². The van der Waals surface area contributed by atoms with Crippen LogP contribution in [0.2, 0.25) is 0 Å². The van der Waals surface area contributed by atoms with E-state index in [2.05, 4.69) is 67.3 Å². The molecule has 1 N–H and O–H groups in total. The van der Waals surface area contributed by atoms with Gasteiger partial charge in [-0.3, -0.25) is 0 Å². The highest BCUT2D eigenvalue weighted by molar-refractivity contribution is 5.83. The predicted molar refractivity (Wildman–Crippen MR) is 83.4 cm³/mol. The van der Waals surface area contributed by atoms with Gasteiger partial charge in [0.2, 0.25) is 0 Å². The largest absolute Gasteiger partial charge is 0.361 e. The van der Waals surface area contributed by atoms with E-state index < -0.39 is 0 Å². The van der Waals surface area contributed by atoms with Crippen LogP contribution >= 0.6 is 0 Å². The van der Waals surface area contributed by atoms with Gasteiger partial charge in [0, 0.05) is 30.2 Å². The topological polar surface area (TPSA) is 42.8 Å². The Morgan fingerprint density at radius 1 is 1.30 bits per heavy atom. The smallest absolute Gasteiger partial charge is 0.0671 e. The van der Waals surface area contributed by atoms with Gasteiger partial charge in [0.05, 0.1) is 12.0 Å². The fourth-order valence-electron chi connectivity index (χ4n) is 2.48. The number of fused-ring (bicyclic) bond motifs is 1. The summed E-state index contributed by atoms with van der Waals surface area (Å²) in [4.78, 5) is 5.57. The standard InChI is InChI=1S/C17H23N3/c1-13(2)15(10-18)12-20(3)9-8-14-11-19-17-7-5-4-6-16(14)17/h4-7,11,13,15,19H,8-9,12H2,1-3H3. The first-order chi connectivity index (χ1) is 9.61. The van der Waals surface area contributed by atoms with Crippen molar-refractivity contribution in [1.29, 1.82) is 5.26 Å². The van der Waals surface area contributed by atoms with Gasteiger partial charge in [-0.15, -0.1) is 0 Å². The first kappa shape index (κ1) is 14.6. The van der Waals surface area contributed by atoms with Crippen LogP contribution < -0.4 is 0 Å². The highest BCUT2D eigenvalue weighted by Crippen LogP contribution is 2.18. The van der Waals surface area contributed by atoms with E-state index in [1.165, 1.54) is 16.5 Å². The molecule has 0 spiro atoms. The molecule has 1 heterocycles. The average molecular weight is 269 g/mol. The first-order valence-electron chi connectivity index (χ1n) is 7.25. The quantitative estimate of drug-likeness (QED) is 0.873. The van der Waals surface area contributed by atoms with Crippen LogP contribution in [0, 0.1) is 23.2 Å². The monoisotopic (exact) mass is 269 g/mol. The Bertz CT molecular complexity index is 592. The number of hydrogen-bond acceptors (Lipinski definition) is 2. The fourth-order valence-corrected chi connectivity index (χ4v) is 2.48. The second kappa shape index (κ2) is 6.58. The third kappa shape index (κ3) is 3.40. The molecule has 2 aromatic rings. The lowest BCUT2D eigenvalue weighted by molar-refractivity contribution is 0.275. The number of likely N-dealkylation sites (N-methyl/N-ethyl adjacent to an activating group) is 1. The van der Waals surface area contributed by atoms with Crippen LogP contribution in [-0.2, 0) is 6.42 Å². The summed E-state index contributed by atoms with van der Waals surface area (Å²) in [5.41, 5.74) is 2.55. The Kier molecular flexibility index (Phi) is 4.81. The molecule has 0 fully saturated rings. The fraction of sp³-hybridized carbons (Fsp3) is 0.471. The minimum atomic E-state index is 0.114. The van der Waals surface area contributed by atoms with Gasteiger partial charge in [-0.2, -0.15) is 5.26 Å². The summed E-state index contributed by atoms with van der Waals surface area (Å²) in [6.07, 6.45) is 3.11. The summed E-state index contributed by atoms with van der Waals surface area (Å²) in [7, 11) is 2.10. The number of nitrogens with zero attached hydrogens (tertiary/aromatic N) is 2. The van der Waals surface area contributed by atoms with Crippen LogP contribution in [0.25, 0.3) is 10.9 Å². The lowest BCUT2D eigenvalue weighted by Gasteiger charge is -2.21. The molecule has 3 heteroatoms. The van der Waals surface area contributed by atoms with Crippen LogP contribution in [-0.4, -0.2) is 30.0 Å². The van der Waals surface area contributed by atoms with Crippen molar-refractivity contribution in [2.75, 3.05) is 20.1 Å². The molecular weight excluding hydrogens is 246 g/mol. The number of nitriles is 1. The summed E-state index contributed by atoms with van der Waals surface area (Å²) in [6, 6.07) is 10.8. The van der Waals surface area contributed by atoms with Gasteiger partial charge < -0.3 is 9.88 Å². The lowest BCUT2D eigenvalue weighted by Crippen LogP contribution is -2.29. The van der Waals surface area contributed by atoms with Crippen LogP contribution in [0.1, 0.15) is 19.4 Å². The van der Waals surface area contributed by atoms with E-state index in [9.17, 15) is 0 Å². The SMILES string of the molecule is CC(C)C(C#N)CN(C)CCc1c[nH]c2ccccc12. The molecular formula is C17H23N3. The van der Waals surface area contributed by atoms with E-state index in [-0.39, 0.29) is 5.92 Å². The molecule has 0 saturated heterocycles.